The van der Waals surface area contributed by atoms with Crippen molar-refractivity contribution in [3.8, 4) is 11.5 Å². The first-order valence-corrected chi connectivity index (χ1v) is 11.0. The highest BCUT2D eigenvalue weighted by molar-refractivity contribution is 5.35. The normalized spacial score (nSPS) is 19.1. The molecule has 3 rings (SSSR count). The van der Waals surface area contributed by atoms with Crippen LogP contribution < -0.4 is 9.47 Å². The van der Waals surface area contributed by atoms with Gasteiger partial charge in [0.25, 0.3) is 0 Å². The summed E-state index contributed by atoms with van der Waals surface area (Å²) in [6.45, 7) is 1.17. The maximum absolute atomic E-state index is 14.6. The molecule has 0 bridgehead atoms. The molecule has 1 fully saturated rings. The molecular formula is C25H26F6O2. The molecule has 2 nitrogen and oxygen atoms in total. The predicted octanol–water partition coefficient (Wildman–Crippen LogP) is 7.82. The highest BCUT2D eigenvalue weighted by Crippen LogP contribution is 2.40. The third-order valence-corrected chi connectivity index (χ3v) is 5.78. The summed E-state index contributed by atoms with van der Waals surface area (Å²) in [6.07, 6.45) is 3.25. The molecule has 1 aliphatic rings. The molecule has 0 N–H and O–H groups in total. The summed E-state index contributed by atoms with van der Waals surface area (Å²) < 4.78 is 93.4. The number of rotatable bonds is 9. The van der Waals surface area contributed by atoms with Gasteiger partial charge in [0, 0.05) is 0 Å². The van der Waals surface area contributed by atoms with Crippen LogP contribution in [0, 0.1) is 23.4 Å². The van der Waals surface area contributed by atoms with E-state index in [-0.39, 0.29) is 12.5 Å². The fraction of sp³-hybridized carbons (Fsp3) is 0.440. The summed E-state index contributed by atoms with van der Waals surface area (Å²) in [5, 5.41) is 0. The number of hydrogen-bond donors (Lipinski definition) is 0. The van der Waals surface area contributed by atoms with Crippen LogP contribution in [0.2, 0.25) is 0 Å². The van der Waals surface area contributed by atoms with Crippen molar-refractivity contribution >= 4 is 0 Å². The van der Waals surface area contributed by atoms with Gasteiger partial charge in [0.05, 0.1) is 13.3 Å². The van der Waals surface area contributed by atoms with Crippen molar-refractivity contribution in [2.45, 2.75) is 51.1 Å². The van der Waals surface area contributed by atoms with Gasteiger partial charge in [-0.15, -0.1) is 0 Å². The van der Waals surface area contributed by atoms with Gasteiger partial charge in [0.2, 0.25) is 5.82 Å². The molecule has 0 aliphatic heterocycles. The molecule has 180 valence electrons. The van der Waals surface area contributed by atoms with Gasteiger partial charge in [-0.05, 0) is 80.7 Å². The Labute approximate surface area is 189 Å². The summed E-state index contributed by atoms with van der Waals surface area (Å²) in [4.78, 5) is 0. The number of ether oxygens (including phenoxy) is 2. The van der Waals surface area contributed by atoms with Crippen LogP contribution in [-0.2, 0) is 6.11 Å². The molecule has 0 amide bonds. The SMILES string of the molecule is CCOc1ccc(C(F)(F)Oc2ccc(C3CCC(C=CCCF)CC3)cc2F)c(F)c1F. The smallest absolute Gasteiger partial charge is 0.429 e. The van der Waals surface area contributed by atoms with Gasteiger partial charge >= 0.3 is 6.11 Å². The van der Waals surface area contributed by atoms with E-state index in [0.717, 1.165) is 43.9 Å². The van der Waals surface area contributed by atoms with Gasteiger partial charge in [0.1, 0.15) is 5.56 Å². The standard InChI is InChI=1S/C25H26F6O2/c1-2-32-22-13-11-19(23(28)24(22)29)25(30,31)33-21-12-10-18(15-20(21)27)17-8-6-16(7-9-17)5-3-4-14-26/h3,5,10-13,15-17H,2,4,6-9,14H2,1H3. The second-order valence-electron chi connectivity index (χ2n) is 8.00. The quantitative estimate of drug-likeness (QED) is 0.274. The first kappa shape index (κ1) is 25.0. The van der Waals surface area contributed by atoms with Crippen LogP contribution in [0.15, 0.2) is 42.5 Å². The highest BCUT2D eigenvalue weighted by Gasteiger charge is 2.40. The Balaban J connectivity index is 1.70. The first-order chi connectivity index (χ1) is 15.8. The molecular weight excluding hydrogens is 446 g/mol. The Bertz CT molecular complexity index is 968. The summed E-state index contributed by atoms with van der Waals surface area (Å²) in [5.41, 5.74) is -0.696. The van der Waals surface area contributed by atoms with Crippen molar-refractivity contribution in [2.75, 3.05) is 13.3 Å². The zero-order chi connectivity index (χ0) is 24.0. The van der Waals surface area contributed by atoms with Gasteiger partial charge in [-0.25, -0.2) is 8.78 Å². The molecule has 8 heteroatoms. The van der Waals surface area contributed by atoms with Crippen LogP contribution >= 0.6 is 0 Å². The van der Waals surface area contributed by atoms with Crippen LogP contribution in [0.25, 0.3) is 0 Å². The Kier molecular flexibility index (Phi) is 8.32. The van der Waals surface area contributed by atoms with E-state index >= 15 is 0 Å². The van der Waals surface area contributed by atoms with Crippen molar-refractivity contribution in [3.05, 3.63) is 71.1 Å². The molecule has 0 aromatic heterocycles. The second kappa shape index (κ2) is 11.0. The molecule has 1 aliphatic carbocycles. The molecule has 0 radical (unpaired) electrons. The zero-order valence-electron chi connectivity index (χ0n) is 18.2. The van der Waals surface area contributed by atoms with E-state index in [1.165, 1.54) is 13.0 Å². The van der Waals surface area contributed by atoms with Crippen molar-refractivity contribution in [2.24, 2.45) is 5.92 Å². The monoisotopic (exact) mass is 472 g/mol. The predicted molar refractivity (Wildman–Crippen MR) is 113 cm³/mol. The molecule has 1 saturated carbocycles. The third kappa shape index (κ3) is 6.03. The minimum absolute atomic E-state index is 0.0254. The average molecular weight is 472 g/mol. The lowest BCUT2D eigenvalue weighted by Crippen LogP contribution is -2.24. The number of alkyl halides is 3. The number of halogens is 6. The Morgan fingerprint density at radius 2 is 1.67 bits per heavy atom. The van der Waals surface area contributed by atoms with Crippen molar-refractivity contribution < 1.29 is 35.8 Å². The van der Waals surface area contributed by atoms with Crippen LogP contribution in [0.1, 0.15) is 56.1 Å². The van der Waals surface area contributed by atoms with Crippen LogP contribution in [-0.4, -0.2) is 13.3 Å². The molecule has 0 saturated heterocycles. The molecule has 2 aromatic rings. The maximum atomic E-state index is 14.6. The first-order valence-electron chi connectivity index (χ1n) is 11.0. The van der Waals surface area contributed by atoms with Gasteiger partial charge in [-0.3, -0.25) is 4.39 Å². The van der Waals surface area contributed by atoms with E-state index in [1.807, 2.05) is 12.2 Å². The van der Waals surface area contributed by atoms with Crippen molar-refractivity contribution in [3.63, 3.8) is 0 Å². The number of hydrogen-bond acceptors (Lipinski definition) is 2. The van der Waals surface area contributed by atoms with Gasteiger partial charge in [-0.2, -0.15) is 13.2 Å². The average Bonchev–Trinajstić information content (AvgIpc) is 2.79. The molecule has 0 atom stereocenters. The van der Waals surface area contributed by atoms with E-state index in [2.05, 4.69) is 4.74 Å². The van der Waals surface area contributed by atoms with Crippen LogP contribution in [0.5, 0.6) is 11.5 Å². The fourth-order valence-corrected chi connectivity index (χ4v) is 4.07. The zero-order valence-corrected chi connectivity index (χ0v) is 18.2. The molecule has 33 heavy (non-hydrogen) atoms. The summed E-state index contributed by atoms with van der Waals surface area (Å²) in [7, 11) is 0. The molecule has 0 unspecified atom stereocenters. The molecule has 0 spiro atoms. The lowest BCUT2D eigenvalue weighted by Gasteiger charge is -2.27. The van der Waals surface area contributed by atoms with E-state index in [0.29, 0.717) is 24.0 Å². The van der Waals surface area contributed by atoms with Gasteiger partial charge in [-0.1, -0.05) is 18.2 Å². The van der Waals surface area contributed by atoms with E-state index in [1.54, 1.807) is 0 Å². The summed E-state index contributed by atoms with van der Waals surface area (Å²) in [6, 6.07) is 5.25. The lowest BCUT2D eigenvalue weighted by molar-refractivity contribution is -0.189. The largest absolute Gasteiger partial charge is 0.491 e. The minimum atomic E-state index is -4.30. The Morgan fingerprint density at radius 1 is 0.970 bits per heavy atom. The van der Waals surface area contributed by atoms with E-state index < -0.39 is 47.3 Å². The summed E-state index contributed by atoms with van der Waals surface area (Å²) in [5.74, 6) is -5.24. The van der Waals surface area contributed by atoms with Crippen LogP contribution in [0.4, 0.5) is 26.3 Å². The van der Waals surface area contributed by atoms with E-state index in [9.17, 15) is 26.3 Å². The van der Waals surface area contributed by atoms with Crippen LogP contribution in [0.3, 0.4) is 0 Å². The Hall–Kier alpha value is -2.64. The molecule has 2 aromatic carbocycles. The topological polar surface area (TPSA) is 18.5 Å². The number of allylic oxidation sites excluding steroid dienone is 2. The van der Waals surface area contributed by atoms with Gasteiger partial charge < -0.3 is 9.47 Å². The van der Waals surface area contributed by atoms with Crippen molar-refractivity contribution in [1.82, 2.24) is 0 Å². The maximum Gasteiger partial charge on any atom is 0.429 e. The Morgan fingerprint density at radius 3 is 2.30 bits per heavy atom. The second-order valence-corrected chi connectivity index (χ2v) is 8.00. The molecule has 0 heterocycles. The van der Waals surface area contributed by atoms with Gasteiger partial charge in [0.15, 0.2) is 23.1 Å². The minimum Gasteiger partial charge on any atom is -0.491 e. The lowest BCUT2D eigenvalue weighted by atomic mass is 9.78. The highest BCUT2D eigenvalue weighted by atomic mass is 19.3. The number of benzene rings is 2. The van der Waals surface area contributed by atoms with Crippen molar-refractivity contribution in [1.29, 1.82) is 0 Å². The summed E-state index contributed by atoms with van der Waals surface area (Å²) >= 11 is 0. The third-order valence-electron chi connectivity index (χ3n) is 5.78. The fourth-order valence-electron chi connectivity index (χ4n) is 4.07. The van der Waals surface area contributed by atoms with E-state index in [4.69, 9.17) is 4.74 Å².